The average Bonchev–Trinajstić information content (AvgIpc) is 2.75. The van der Waals surface area contributed by atoms with Gasteiger partial charge in [0.25, 0.3) is 0 Å². The van der Waals surface area contributed by atoms with Crippen LogP contribution < -0.4 is 5.32 Å². The largest absolute Gasteiger partial charge is 0.478 e. The van der Waals surface area contributed by atoms with Gasteiger partial charge in [-0.2, -0.15) is 0 Å². The number of nitrogens with zero attached hydrogens (tertiary/aromatic N) is 2. The van der Waals surface area contributed by atoms with Crippen LogP contribution in [0.1, 0.15) is 21.1 Å². The van der Waals surface area contributed by atoms with E-state index in [2.05, 4.69) is 15.3 Å². The fourth-order valence-corrected chi connectivity index (χ4v) is 2.22. The van der Waals surface area contributed by atoms with Crippen LogP contribution in [0.15, 0.2) is 23.8 Å². The SMILES string of the molecule is Cc1nc(CCNc2cnccc2C(=O)O)cs1. The quantitative estimate of drug-likeness (QED) is 0.865. The zero-order valence-corrected chi connectivity index (χ0v) is 10.7. The van der Waals surface area contributed by atoms with Crippen molar-refractivity contribution < 1.29 is 9.90 Å². The number of aromatic nitrogens is 2. The third-order valence-electron chi connectivity index (χ3n) is 2.41. The highest BCUT2D eigenvalue weighted by Crippen LogP contribution is 2.14. The van der Waals surface area contributed by atoms with Crippen LogP contribution in [0.4, 0.5) is 5.69 Å². The Morgan fingerprint density at radius 2 is 2.39 bits per heavy atom. The lowest BCUT2D eigenvalue weighted by Gasteiger charge is -2.07. The van der Waals surface area contributed by atoms with Gasteiger partial charge in [-0.05, 0) is 13.0 Å². The molecule has 0 saturated heterocycles. The minimum absolute atomic E-state index is 0.236. The summed E-state index contributed by atoms with van der Waals surface area (Å²) < 4.78 is 0. The summed E-state index contributed by atoms with van der Waals surface area (Å²) in [7, 11) is 0. The van der Waals surface area contributed by atoms with Crippen LogP contribution in [0.25, 0.3) is 0 Å². The molecule has 0 fully saturated rings. The Morgan fingerprint density at radius 1 is 1.56 bits per heavy atom. The first-order valence-corrected chi connectivity index (χ1v) is 6.37. The number of nitrogens with one attached hydrogen (secondary N) is 1. The number of hydrogen-bond acceptors (Lipinski definition) is 5. The summed E-state index contributed by atoms with van der Waals surface area (Å²) in [6, 6.07) is 1.48. The second-order valence-electron chi connectivity index (χ2n) is 3.76. The molecule has 94 valence electrons. The second-order valence-corrected chi connectivity index (χ2v) is 4.82. The number of aryl methyl sites for hydroxylation is 1. The molecule has 0 unspecified atom stereocenters. The van der Waals surface area contributed by atoms with Crippen molar-refractivity contribution in [1.29, 1.82) is 0 Å². The maximum absolute atomic E-state index is 11.0. The van der Waals surface area contributed by atoms with Gasteiger partial charge in [-0.25, -0.2) is 9.78 Å². The summed E-state index contributed by atoms with van der Waals surface area (Å²) in [6.45, 7) is 2.60. The molecule has 0 spiro atoms. The molecule has 0 aromatic carbocycles. The van der Waals surface area contributed by atoms with Crippen molar-refractivity contribution in [2.75, 3.05) is 11.9 Å². The summed E-state index contributed by atoms with van der Waals surface area (Å²) in [4.78, 5) is 19.2. The summed E-state index contributed by atoms with van der Waals surface area (Å²) in [6.07, 6.45) is 3.76. The number of carboxylic acids is 1. The lowest BCUT2D eigenvalue weighted by molar-refractivity contribution is 0.0698. The maximum Gasteiger partial charge on any atom is 0.337 e. The third kappa shape index (κ3) is 3.04. The molecule has 2 rings (SSSR count). The van der Waals surface area contributed by atoms with Crippen molar-refractivity contribution in [2.45, 2.75) is 13.3 Å². The van der Waals surface area contributed by atoms with Crippen molar-refractivity contribution in [3.05, 3.63) is 40.1 Å². The monoisotopic (exact) mass is 263 g/mol. The van der Waals surface area contributed by atoms with Gasteiger partial charge in [-0.15, -0.1) is 11.3 Å². The van der Waals surface area contributed by atoms with Crippen LogP contribution in [0.5, 0.6) is 0 Å². The van der Waals surface area contributed by atoms with Gasteiger partial charge in [0.2, 0.25) is 0 Å². The van der Waals surface area contributed by atoms with E-state index < -0.39 is 5.97 Å². The first-order chi connectivity index (χ1) is 8.66. The molecule has 2 aromatic rings. The molecule has 0 aliphatic carbocycles. The summed E-state index contributed by atoms with van der Waals surface area (Å²) in [5, 5.41) is 15.1. The molecule has 0 amide bonds. The number of anilines is 1. The van der Waals surface area contributed by atoms with Gasteiger partial charge < -0.3 is 10.4 Å². The Kier molecular flexibility index (Phi) is 3.88. The van der Waals surface area contributed by atoms with Crippen LogP contribution in [-0.2, 0) is 6.42 Å². The lowest BCUT2D eigenvalue weighted by Crippen LogP contribution is -2.10. The molecular formula is C12H13N3O2S. The summed E-state index contributed by atoms with van der Waals surface area (Å²) in [5.41, 5.74) is 1.79. The molecule has 2 N–H and O–H groups in total. The molecule has 0 radical (unpaired) electrons. The zero-order valence-electron chi connectivity index (χ0n) is 9.88. The first kappa shape index (κ1) is 12.5. The number of hydrogen-bond donors (Lipinski definition) is 2. The molecule has 18 heavy (non-hydrogen) atoms. The van der Waals surface area contributed by atoms with Gasteiger partial charge in [-0.3, -0.25) is 4.98 Å². The fourth-order valence-electron chi connectivity index (χ4n) is 1.57. The minimum Gasteiger partial charge on any atom is -0.478 e. The molecule has 0 atom stereocenters. The van der Waals surface area contributed by atoms with Crippen molar-refractivity contribution in [3.63, 3.8) is 0 Å². The predicted molar refractivity (Wildman–Crippen MR) is 70.2 cm³/mol. The lowest BCUT2D eigenvalue weighted by atomic mass is 10.2. The molecule has 0 aliphatic heterocycles. The van der Waals surface area contributed by atoms with Gasteiger partial charge in [0.1, 0.15) is 0 Å². The maximum atomic E-state index is 11.0. The molecular weight excluding hydrogens is 250 g/mol. The number of carboxylic acid groups (broad SMARTS) is 1. The number of aromatic carboxylic acids is 1. The number of thiazole rings is 1. The highest BCUT2D eigenvalue weighted by Gasteiger charge is 2.08. The molecule has 6 heteroatoms. The number of rotatable bonds is 5. The van der Waals surface area contributed by atoms with Gasteiger partial charge in [0.15, 0.2) is 0 Å². The smallest absolute Gasteiger partial charge is 0.337 e. The molecule has 0 bridgehead atoms. The van der Waals surface area contributed by atoms with Crippen LogP contribution >= 0.6 is 11.3 Å². The third-order valence-corrected chi connectivity index (χ3v) is 3.24. The van der Waals surface area contributed by atoms with E-state index in [4.69, 9.17) is 5.11 Å². The molecule has 2 aromatic heterocycles. The summed E-state index contributed by atoms with van der Waals surface area (Å²) >= 11 is 1.61. The molecule has 0 aliphatic rings. The van der Waals surface area contributed by atoms with Crippen molar-refractivity contribution in [1.82, 2.24) is 9.97 Å². The minimum atomic E-state index is -0.954. The van der Waals surface area contributed by atoms with Gasteiger partial charge >= 0.3 is 5.97 Å². The fraction of sp³-hybridized carbons (Fsp3) is 0.250. The van der Waals surface area contributed by atoms with Crippen molar-refractivity contribution in [2.24, 2.45) is 0 Å². The zero-order chi connectivity index (χ0) is 13.0. The van der Waals surface area contributed by atoms with Gasteiger partial charge in [0.05, 0.1) is 28.1 Å². The normalized spacial score (nSPS) is 10.3. The topological polar surface area (TPSA) is 75.1 Å². The van der Waals surface area contributed by atoms with Crippen molar-refractivity contribution >= 4 is 23.0 Å². The second kappa shape index (κ2) is 5.59. The van der Waals surface area contributed by atoms with Crippen molar-refractivity contribution in [3.8, 4) is 0 Å². The molecule has 0 saturated carbocycles. The Labute approximate surface area is 109 Å². The van der Waals surface area contributed by atoms with E-state index in [0.717, 1.165) is 17.1 Å². The van der Waals surface area contributed by atoms with E-state index in [0.29, 0.717) is 12.2 Å². The molecule has 5 nitrogen and oxygen atoms in total. The van der Waals surface area contributed by atoms with Gasteiger partial charge in [0, 0.05) is 24.5 Å². The van der Waals surface area contributed by atoms with Crippen LogP contribution in [0.2, 0.25) is 0 Å². The standard InChI is InChI=1S/C12H13N3O2S/c1-8-15-9(7-18-8)2-5-14-11-6-13-4-3-10(11)12(16)17/h3-4,6-7,14H,2,5H2,1H3,(H,16,17). The Morgan fingerprint density at radius 3 is 3.06 bits per heavy atom. The highest BCUT2D eigenvalue weighted by atomic mass is 32.1. The van der Waals surface area contributed by atoms with E-state index in [1.54, 1.807) is 11.3 Å². The highest BCUT2D eigenvalue weighted by molar-refractivity contribution is 7.09. The summed E-state index contributed by atoms with van der Waals surface area (Å²) in [5.74, 6) is -0.954. The predicted octanol–water partition coefficient (Wildman–Crippen LogP) is 2.20. The van der Waals surface area contributed by atoms with Crippen LogP contribution in [0, 0.1) is 6.92 Å². The van der Waals surface area contributed by atoms with E-state index in [1.165, 1.54) is 18.5 Å². The first-order valence-electron chi connectivity index (χ1n) is 5.49. The molecule has 2 heterocycles. The number of carbonyl (C=O) groups is 1. The van der Waals surface area contributed by atoms with E-state index in [1.807, 2.05) is 12.3 Å². The average molecular weight is 263 g/mol. The van der Waals surface area contributed by atoms with Gasteiger partial charge in [-0.1, -0.05) is 0 Å². The Balaban J connectivity index is 1.96. The van der Waals surface area contributed by atoms with Crippen LogP contribution in [0.3, 0.4) is 0 Å². The van der Waals surface area contributed by atoms with E-state index in [9.17, 15) is 4.79 Å². The number of pyridine rings is 1. The van der Waals surface area contributed by atoms with E-state index >= 15 is 0 Å². The van der Waals surface area contributed by atoms with Crippen LogP contribution in [-0.4, -0.2) is 27.6 Å². The van der Waals surface area contributed by atoms with E-state index in [-0.39, 0.29) is 5.56 Å². The Hall–Kier alpha value is -1.95. The Bertz CT molecular complexity index is 554.